The fraction of sp³-hybridized carbons (Fsp3) is 0.150. The summed E-state index contributed by atoms with van der Waals surface area (Å²) in [5, 5.41) is 4.79. The van der Waals surface area contributed by atoms with Crippen molar-refractivity contribution in [3.8, 4) is 34.0 Å². The number of ether oxygens (including phenoxy) is 2. The second-order valence-corrected chi connectivity index (χ2v) is 6.09. The van der Waals surface area contributed by atoms with Crippen molar-refractivity contribution in [3.63, 3.8) is 0 Å². The van der Waals surface area contributed by atoms with Crippen LogP contribution in [-0.4, -0.2) is 33.5 Å². The molecular weight excluding hydrogens is 328 g/mol. The van der Waals surface area contributed by atoms with Crippen LogP contribution in [0.4, 0.5) is 0 Å². The molecule has 0 spiro atoms. The quantitative estimate of drug-likeness (QED) is 0.569. The van der Waals surface area contributed by atoms with Gasteiger partial charge in [0, 0.05) is 18.0 Å². The fourth-order valence-corrected chi connectivity index (χ4v) is 3.32. The van der Waals surface area contributed by atoms with Crippen LogP contribution in [0, 0.1) is 0 Å². The Morgan fingerprint density at radius 3 is 2.77 bits per heavy atom. The highest BCUT2D eigenvalue weighted by atomic mass is 16.5. The molecule has 0 fully saturated rings. The highest BCUT2D eigenvalue weighted by molar-refractivity contribution is 5.89. The third kappa shape index (κ3) is 2.30. The number of nitrogens with zero attached hydrogens (tertiary/aromatic N) is 4. The molecule has 2 aromatic carbocycles. The molecule has 0 saturated carbocycles. The minimum atomic E-state index is 0.640. The molecule has 5 rings (SSSR count). The molecule has 0 atom stereocenters. The van der Waals surface area contributed by atoms with Gasteiger partial charge in [-0.2, -0.15) is 5.10 Å². The number of fused-ring (bicyclic) bond motifs is 2. The van der Waals surface area contributed by atoms with Crippen LogP contribution in [0.3, 0.4) is 0 Å². The summed E-state index contributed by atoms with van der Waals surface area (Å²) < 4.78 is 13.2. The zero-order valence-corrected chi connectivity index (χ0v) is 14.2. The Kier molecular flexibility index (Phi) is 3.35. The van der Waals surface area contributed by atoms with Crippen molar-refractivity contribution >= 4 is 11.0 Å². The summed E-state index contributed by atoms with van der Waals surface area (Å²) in [6.07, 6.45) is 3.40. The summed E-state index contributed by atoms with van der Waals surface area (Å²) in [5.41, 5.74) is 5.57. The Hall–Kier alpha value is -3.41. The van der Waals surface area contributed by atoms with E-state index < -0.39 is 0 Å². The van der Waals surface area contributed by atoms with Crippen molar-refractivity contribution in [3.05, 3.63) is 54.9 Å². The molecular formula is C20H16N4O2. The van der Waals surface area contributed by atoms with Gasteiger partial charge in [-0.15, -0.1) is 0 Å². The smallest absolute Gasteiger partial charge is 0.220 e. The molecule has 1 aliphatic rings. The molecule has 26 heavy (non-hydrogen) atoms. The van der Waals surface area contributed by atoms with E-state index in [2.05, 4.69) is 9.97 Å². The van der Waals surface area contributed by atoms with Gasteiger partial charge >= 0.3 is 0 Å². The third-order valence-corrected chi connectivity index (χ3v) is 4.55. The first-order valence-corrected chi connectivity index (χ1v) is 8.42. The molecule has 0 aliphatic carbocycles. The van der Waals surface area contributed by atoms with E-state index in [4.69, 9.17) is 14.6 Å². The summed E-state index contributed by atoms with van der Waals surface area (Å²) in [4.78, 5) is 8.77. The lowest BCUT2D eigenvalue weighted by atomic mass is 10.0. The first-order chi connectivity index (χ1) is 12.8. The summed E-state index contributed by atoms with van der Waals surface area (Å²) in [7, 11) is 1.66. The van der Waals surface area contributed by atoms with Crippen LogP contribution in [0.5, 0.6) is 11.6 Å². The van der Waals surface area contributed by atoms with Crippen LogP contribution in [0.15, 0.2) is 54.9 Å². The maximum absolute atomic E-state index is 5.89. The molecule has 6 heteroatoms. The zero-order valence-electron chi connectivity index (χ0n) is 14.2. The second-order valence-electron chi connectivity index (χ2n) is 6.09. The van der Waals surface area contributed by atoms with Crippen molar-refractivity contribution in [2.45, 2.75) is 6.54 Å². The normalized spacial score (nSPS) is 12.8. The number of hydrogen-bond donors (Lipinski definition) is 0. The molecule has 0 amide bonds. The van der Waals surface area contributed by atoms with Crippen LogP contribution in [-0.2, 0) is 6.54 Å². The minimum absolute atomic E-state index is 0.640. The topological polar surface area (TPSA) is 62.1 Å². The van der Waals surface area contributed by atoms with Gasteiger partial charge in [-0.3, -0.25) is 9.97 Å². The molecule has 0 radical (unpaired) electrons. The average molecular weight is 344 g/mol. The van der Waals surface area contributed by atoms with Gasteiger partial charge in [-0.05, 0) is 29.8 Å². The fourth-order valence-electron chi connectivity index (χ4n) is 3.32. The van der Waals surface area contributed by atoms with Gasteiger partial charge in [0.05, 0.1) is 30.3 Å². The number of hydrogen-bond acceptors (Lipinski definition) is 5. The Labute approximate surface area is 150 Å². The molecule has 3 heterocycles. The van der Waals surface area contributed by atoms with E-state index in [9.17, 15) is 0 Å². The van der Waals surface area contributed by atoms with Gasteiger partial charge in [0.15, 0.2) is 0 Å². The van der Waals surface area contributed by atoms with E-state index in [-0.39, 0.29) is 0 Å². The van der Waals surface area contributed by atoms with E-state index in [0.717, 1.165) is 51.6 Å². The van der Waals surface area contributed by atoms with Gasteiger partial charge in [0.25, 0.3) is 0 Å². The molecule has 6 nitrogen and oxygen atoms in total. The maximum atomic E-state index is 5.89. The lowest BCUT2D eigenvalue weighted by Crippen LogP contribution is -1.97. The van der Waals surface area contributed by atoms with Crippen LogP contribution >= 0.6 is 0 Å². The van der Waals surface area contributed by atoms with E-state index in [1.807, 2.05) is 47.1 Å². The largest absolute Gasteiger partial charge is 0.497 e. The van der Waals surface area contributed by atoms with Crippen molar-refractivity contribution in [1.29, 1.82) is 0 Å². The molecule has 4 aromatic rings. The molecule has 0 saturated heterocycles. The van der Waals surface area contributed by atoms with Crippen molar-refractivity contribution < 1.29 is 9.47 Å². The number of benzene rings is 2. The Morgan fingerprint density at radius 2 is 1.88 bits per heavy atom. The Balaban J connectivity index is 1.74. The van der Waals surface area contributed by atoms with Gasteiger partial charge in [0.1, 0.15) is 18.1 Å². The summed E-state index contributed by atoms with van der Waals surface area (Å²) >= 11 is 0. The molecule has 128 valence electrons. The first kappa shape index (κ1) is 14.9. The number of methoxy groups -OCH3 is 1. The van der Waals surface area contributed by atoms with Crippen LogP contribution in [0.2, 0.25) is 0 Å². The Bertz CT molecular complexity index is 1120. The summed E-state index contributed by atoms with van der Waals surface area (Å²) in [6.45, 7) is 1.39. The van der Waals surface area contributed by atoms with Crippen LogP contribution in [0.1, 0.15) is 0 Å². The average Bonchev–Trinajstić information content (AvgIpc) is 3.29. The maximum Gasteiger partial charge on any atom is 0.220 e. The van der Waals surface area contributed by atoms with Crippen LogP contribution in [0.25, 0.3) is 33.4 Å². The lowest BCUT2D eigenvalue weighted by Gasteiger charge is -2.08. The van der Waals surface area contributed by atoms with Crippen molar-refractivity contribution in [1.82, 2.24) is 19.7 Å². The van der Waals surface area contributed by atoms with Gasteiger partial charge < -0.3 is 9.47 Å². The molecule has 1 aliphatic heterocycles. The predicted octanol–water partition coefficient (Wildman–Crippen LogP) is 3.56. The number of aromatic nitrogens is 4. The van der Waals surface area contributed by atoms with E-state index in [0.29, 0.717) is 6.61 Å². The van der Waals surface area contributed by atoms with E-state index >= 15 is 0 Å². The number of rotatable bonds is 3. The van der Waals surface area contributed by atoms with Crippen molar-refractivity contribution in [2.75, 3.05) is 13.7 Å². The standard InChI is InChI=1S/C20H16N4O2/c1-25-15-4-2-3-14(11-15)19-18(20-24(23-19)9-10-26-20)13-5-6-16-17(12-13)22-8-7-21-16/h2-8,11-12H,9-10H2,1H3. The van der Waals surface area contributed by atoms with Gasteiger partial charge in [-0.25, -0.2) is 4.68 Å². The first-order valence-electron chi connectivity index (χ1n) is 8.42. The van der Waals surface area contributed by atoms with Gasteiger partial charge in [-0.1, -0.05) is 18.2 Å². The van der Waals surface area contributed by atoms with Crippen LogP contribution < -0.4 is 9.47 Å². The molecule has 0 N–H and O–H groups in total. The zero-order chi connectivity index (χ0) is 17.5. The lowest BCUT2D eigenvalue weighted by molar-refractivity contribution is 0.358. The van der Waals surface area contributed by atoms with Gasteiger partial charge in [0.2, 0.25) is 5.88 Å². The summed E-state index contributed by atoms with van der Waals surface area (Å²) in [6, 6.07) is 14.0. The summed E-state index contributed by atoms with van der Waals surface area (Å²) in [5.74, 6) is 1.60. The second kappa shape index (κ2) is 5.84. The highest BCUT2D eigenvalue weighted by Crippen LogP contribution is 2.42. The Morgan fingerprint density at radius 1 is 1.00 bits per heavy atom. The third-order valence-electron chi connectivity index (χ3n) is 4.55. The molecule has 0 bridgehead atoms. The monoisotopic (exact) mass is 344 g/mol. The molecule has 0 unspecified atom stereocenters. The predicted molar refractivity (Wildman–Crippen MR) is 98.2 cm³/mol. The van der Waals surface area contributed by atoms with E-state index in [1.54, 1.807) is 19.5 Å². The van der Waals surface area contributed by atoms with Crippen molar-refractivity contribution in [2.24, 2.45) is 0 Å². The SMILES string of the molecule is COc1cccc(-c2nn3c(c2-c2ccc4nccnc4c2)OCC3)c1. The highest BCUT2D eigenvalue weighted by Gasteiger charge is 2.26. The van der Waals surface area contributed by atoms with E-state index in [1.165, 1.54) is 0 Å². The minimum Gasteiger partial charge on any atom is -0.497 e. The molecule has 2 aromatic heterocycles.